The monoisotopic (exact) mass is 343 g/mol. The minimum atomic E-state index is -0.658. The molecule has 2 aromatic heterocycles. The lowest BCUT2D eigenvalue weighted by atomic mass is 10.2. The second-order valence-electron chi connectivity index (χ2n) is 4.87. The number of pyridine rings is 1. The van der Waals surface area contributed by atoms with Crippen molar-refractivity contribution in [2.24, 2.45) is 16.5 Å². The second-order valence-corrected chi connectivity index (χ2v) is 5.70. The zero-order chi connectivity index (χ0) is 17.3. The number of nitrogens with one attached hydrogen (secondary N) is 1. The average Bonchev–Trinajstić information content (AvgIpc) is 3.02. The summed E-state index contributed by atoms with van der Waals surface area (Å²) in [4.78, 5) is 35.0. The lowest BCUT2D eigenvalue weighted by Gasteiger charge is -2.09. The van der Waals surface area contributed by atoms with Crippen LogP contribution >= 0.6 is 11.3 Å². The van der Waals surface area contributed by atoms with E-state index in [9.17, 15) is 9.59 Å². The summed E-state index contributed by atoms with van der Waals surface area (Å²) in [7, 11) is 0. The van der Waals surface area contributed by atoms with E-state index in [2.05, 4.69) is 20.3 Å². The van der Waals surface area contributed by atoms with Gasteiger partial charge in [-0.1, -0.05) is 6.07 Å². The van der Waals surface area contributed by atoms with Gasteiger partial charge in [-0.25, -0.2) is 9.97 Å². The number of nitrogens with zero attached hydrogens (tertiary/aromatic N) is 3. The molecule has 3 aromatic rings. The Morgan fingerprint density at radius 1 is 1.17 bits per heavy atom. The van der Waals surface area contributed by atoms with Crippen LogP contribution in [0.15, 0.2) is 38.2 Å². The Kier molecular flexibility index (Phi) is 3.96. The predicted molar refractivity (Wildman–Crippen MR) is 93.9 cm³/mol. The minimum absolute atomic E-state index is 0.0440. The van der Waals surface area contributed by atoms with E-state index >= 15 is 0 Å². The smallest absolute Gasteiger partial charge is 0.253 e. The summed E-state index contributed by atoms with van der Waals surface area (Å²) in [6.07, 6.45) is 0. The molecule has 0 aliphatic heterocycles. The zero-order valence-corrected chi connectivity index (χ0v) is 13.1. The van der Waals surface area contributed by atoms with Crippen LogP contribution in [0.3, 0.4) is 0 Å². The molecular weight excluding hydrogens is 330 g/mol. The van der Waals surface area contributed by atoms with E-state index in [1.165, 1.54) is 11.3 Å². The van der Waals surface area contributed by atoms with Gasteiger partial charge in [-0.05, 0) is 12.1 Å². The lowest BCUT2D eigenvalue weighted by molar-refractivity contribution is 1.04. The summed E-state index contributed by atoms with van der Waals surface area (Å²) in [5.74, 6) is -0.0626. The van der Waals surface area contributed by atoms with Crippen LogP contribution in [0, 0.1) is 0 Å². The van der Waals surface area contributed by atoms with E-state index in [1.807, 2.05) is 6.07 Å². The molecule has 0 spiro atoms. The fourth-order valence-corrected chi connectivity index (χ4v) is 2.73. The van der Waals surface area contributed by atoms with Crippen LogP contribution in [0.5, 0.6) is 0 Å². The van der Waals surface area contributed by atoms with E-state index in [-0.39, 0.29) is 23.9 Å². The predicted octanol–water partition coefficient (Wildman–Crippen LogP) is -0.0997. The molecule has 2 heterocycles. The number of aromatic nitrogens is 2. The first kappa shape index (κ1) is 15.6. The number of hydrogen-bond acceptors (Lipinski definition) is 8. The van der Waals surface area contributed by atoms with Crippen LogP contribution in [-0.2, 0) is 6.54 Å². The highest BCUT2D eigenvalue weighted by atomic mass is 32.1. The number of nitrogen functional groups attached to an aromatic ring is 1. The Bertz CT molecular complexity index is 997. The van der Waals surface area contributed by atoms with Gasteiger partial charge >= 0.3 is 0 Å². The number of anilines is 2. The number of hydrogen-bond donors (Lipinski definition) is 4. The Morgan fingerprint density at radius 2 is 1.96 bits per heavy atom. The molecule has 0 fully saturated rings. The molecule has 0 aliphatic carbocycles. The molecule has 0 radical (unpaired) electrons. The quantitative estimate of drug-likeness (QED) is 0.283. The van der Waals surface area contributed by atoms with E-state index in [0.717, 1.165) is 0 Å². The molecule has 1 aromatic carbocycles. The lowest BCUT2D eigenvalue weighted by Crippen LogP contribution is -2.36. The standard InChI is InChI=1S/C14H13N7O2S/c15-9-10(12(23)11(9)22)18-4-6-2-1-3-7(19-6)8-5-24-14(20-8)21-13(16)17/h1-3,5,18H,4,15H2,(H4,16,17,20,21). The molecular formula is C14H13N7O2S. The third-order valence-corrected chi connectivity index (χ3v) is 3.91. The van der Waals surface area contributed by atoms with Crippen molar-refractivity contribution >= 4 is 33.8 Å². The van der Waals surface area contributed by atoms with Gasteiger partial charge in [0.05, 0.1) is 17.9 Å². The zero-order valence-electron chi connectivity index (χ0n) is 12.3. The highest BCUT2D eigenvalue weighted by molar-refractivity contribution is 7.13. The molecule has 10 heteroatoms. The molecule has 24 heavy (non-hydrogen) atoms. The van der Waals surface area contributed by atoms with Gasteiger partial charge in [-0.3, -0.25) is 9.59 Å². The van der Waals surface area contributed by atoms with Crippen LogP contribution < -0.4 is 33.4 Å². The third-order valence-electron chi connectivity index (χ3n) is 3.18. The first-order valence-corrected chi connectivity index (χ1v) is 7.68. The van der Waals surface area contributed by atoms with Gasteiger partial charge in [0.25, 0.3) is 10.9 Å². The summed E-state index contributed by atoms with van der Waals surface area (Å²) >= 11 is 1.29. The molecule has 0 aliphatic rings. The molecule has 0 saturated carbocycles. The topological polar surface area (TPSA) is 162 Å². The normalized spacial score (nSPS) is 10.7. The molecule has 7 N–H and O–H groups in total. The van der Waals surface area contributed by atoms with Crippen molar-refractivity contribution < 1.29 is 0 Å². The number of nitrogens with two attached hydrogens (primary N) is 3. The Labute approximate surface area is 139 Å². The Balaban J connectivity index is 1.77. The van der Waals surface area contributed by atoms with Crippen LogP contribution in [0.1, 0.15) is 5.69 Å². The van der Waals surface area contributed by atoms with Crippen molar-refractivity contribution in [2.45, 2.75) is 6.54 Å². The fraction of sp³-hybridized carbons (Fsp3) is 0.0714. The summed E-state index contributed by atoms with van der Waals surface area (Å²) in [6, 6.07) is 5.38. The molecule has 0 bridgehead atoms. The van der Waals surface area contributed by atoms with Crippen LogP contribution in [0.2, 0.25) is 0 Å². The molecule has 0 atom stereocenters. The highest BCUT2D eigenvalue weighted by Gasteiger charge is 2.17. The molecule has 0 saturated heterocycles. The van der Waals surface area contributed by atoms with Gasteiger partial charge < -0.3 is 22.5 Å². The third kappa shape index (κ3) is 2.94. The summed E-state index contributed by atoms with van der Waals surface area (Å²) in [6.45, 7) is 0.258. The SMILES string of the molecule is NC(N)=Nc1nc(-c2cccc(CNc3c(N)c(=O)c3=O)n2)cs1. The highest BCUT2D eigenvalue weighted by Crippen LogP contribution is 2.25. The summed E-state index contributed by atoms with van der Waals surface area (Å²) < 4.78 is 0. The van der Waals surface area contributed by atoms with E-state index in [4.69, 9.17) is 17.2 Å². The molecule has 3 rings (SSSR count). The number of rotatable bonds is 5. The van der Waals surface area contributed by atoms with Gasteiger partial charge in [0.1, 0.15) is 17.1 Å². The van der Waals surface area contributed by atoms with E-state index < -0.39 is 10.9 Å². The Morgan fingerprint density at radius 3 is 2.67 bits per heavy atom. The van der Waals surface area contributed by atoms with Crippen LogP contribution in [0.25, 0.3) is 11.4 Å². The molecule has 0 amide bonds. The van der Waals surface area contributed by atoms with Crippen LogP contribution in [-0.4, -0.2) is 15.9 Å². The minimum Gasteiger partial charge on any atom is -0.394 e. The summed E-state index contributed by atoms with van der Waals surface area (Å²) in [5.41, 5.74) is 16.9. The second kappa shape index (κ2) is 6.08. The van der Waals surface area contributed by atoms with Gasteiger partial charge in [0.2, 0.25) is 5.13 Å². The van der Waals surface area contributed by atoms with Gasteiger partial charge in [-0.2, -0.15) is 4.99 Å². The van der Waals surface area contributed by atoms with Crippen molar-refractivity contribution in [3.8, 4) is 11.4 Å². The van der Waals surface area contributed by atoms with E-state index in [1.54, 1.807) is 17.5 Å². The number of thiazole rings is 1. The molecule has 122 valence electrons. The van der Waals surface area contributed by atoms with Gasteiger partial charge in [-0.15, -0.1) is 11.3 Å². The summed E-state index contributed by atoms with van der Waals surface area (Å²) in [5, 5.41) is 5.05. The van der Waals surface area contributed by atoms with Gasteiger partial charge in [0.15, 0.2) is 5.96 Å². The number of guanidine groups is 1. The molecule has 0 unspecified atom stereocenters. The van der Waals surface area contributed by atoms with E-state index in [0.29, 0.717) is 22.2 Å². The van der Waals surface area contributed by atoms with Gasteiger partial charge in [0, 0.05) is 5.38 Å². The fourth-order valence-electron chi connectivity index (χ4n) is 2.03. The molecule has 9 nitrogen and oxygen atoms in total. The maximum Gasteiger partial charge on any atom is 0.253 e. The van der Waals surface area contributed by atoms with Crippen molar-refractivity contribution in [3.63, 3.8) is 0 Å². The van der Waals surface area contributed by atoms with Crippen molar-refractivity contribution in [2.75, 3.05) is 11.1 Å². The van der Waals surface area contributed by atoms with Crippen molar-refractivity contribution in [3.05, 3.63) is 49.7 Å². The largest absolute Gasteiger partial charge is 0.394 e. The average molecular weight is 343 g/mol. The van der Waals surface area contributed by atoms with Crippen LogP contribution in [0.4, 0.5) is 16.5 Å². The maximum absolute atomic E-state index is 11.4. The van der Waals surface area contributed by atoms with Crippen molar-refractivity contribution in [1.82, 2.24) is 9.97 Å². The Hall–Kier alpha value is -3.27. The maximum atomic E-state index is 11.4. The first-order valence-electron chi connectivity index (χ1n) is 6.80. The first-order chi connectivity index (χ1) is 11.5. The van der Waals surface area contributed by atoms with Crippen molar-refractivity contribution in [1.29, 1.82) is 0 Å². The number of aliphatic imine (C=N–C) groups is 1.